The molecule has 2 rings (SSSR count). The quantitative estimate of drug-likeness (QED) is 0.831. The van der Waals surface area contributed by atoms with Gasteiger partial charge < -0.3 is 20.3 Å². The van der Waals surface area contributed by atoms with Crippen LogP contribution in [0, 0.1) is 0 Å². The minimum Gasteiger partial charge on any atom is -0.494 e. The molecule has 0 aromatic heterocycles. The van der Waals surface area contributed by atoms with Crippen molar-refractivity contribution in [3.8, 4) is 11.5 Å². The number of fused-ring (bicyclic) bond motifs is 1. The van der Waals surface area contributed by atoms with Crippen molar-refractivity contribution in [2.24, 2.45) is 5.73 Å². The third-order valence-corrected chi connectivity index (χ3v) is 3.47. The van der Waals surface area contributed by atoms with E-state index in [0.29, 0.717) is 6.61 Å². The second-order valence-electron chi connectivity index (χ2n) is 5.09. The zero-order valence-corrected chi connectivity index (χ0v) is 11.9. The first kappa shape index (κ1) is 14.7. The van der Waals surface area contributed by atoms with Crippen LogP contribution in [0.25, 0.3) is 0 Å². The molecule has 0 bridgehead atoms. The van der Waals surface area contributed by atoms with Crippen molar-refractivity contribution in [1.29, 1.82) is 0 Å². The zero-order chi connectivity index (χ0) is 14.7. The van der Waals surface area contributed by atoms with Crippen molar-refractivity contribution in [2.75, 3.05) is 13.2 Å². The standard InChI is InChI=1S/C15H21NO4/c1-3-19-14-5-10-4-9(2)20-13(10)7-12(14)11(8-16)6-15(17)18/h5,7,9,11H,3-4,6,8,16H2,1-2H3,(H,17,18). The number of benzene rings is 1. The summed E-state index contributed by atoms with van der Waals surface area (Å²) in [6.07, 6.45) is 0.984. The number of hydrogen-bond donors (Lipinski definition) is 2. The SMILES string of the molecule is CCOc1cc2c(cc1C(CN)CC(=O)O)OC(C)C2. The molecule has 1 aromatic carbocycles. The molecule has 1 aliphatic rings. The number of ether oxygens (including phenoxy) is 2. The van der Waals surface area contributed by atoms with Crippen molar-refractivity contribution >= 4 is 5.97 Å². The Balaban J connectivity index is 2.39. The minimum atomic E-state index is -0.863. The lowest BCUT2D eigenvalue weighted by Crippen LogP contribution is -2.17. The van der Waals surface area contributed by atoms with E-state index < -0.39 is 5.97 Å². The molecular weight excluding hydrogens is 258 g/mol. The number of carboxylic acids is 1. The highest BCUT2D eigenvalue weighted by Crippen LogP contribution is 2.38. The molecular formula is C15H21NO4. The molecule has 1 aliphatic heterocycles. The number of nitrogens with two attached hydrogens (primary N) is 1. The van der Waals surface area contributed by atoms with E-state index in [0.717, 1.165) is 29.0 Å². The lowest BCUT2D eigenvalue weighted by Gasteiger charge is -2.18. The summed E-state index contributed by atoms with van der Waals surface area (Å²) in [5.41, 5.74) is 7.66. The minimum absolute atomic E-state index is 0.00901. The summed E-state index contributed by atoms with van der Waals surface area (Å²) >= 11 is 0. The van der Waals surface area contributed by atoms with Crippen molar-refractivity contribution in [2.45, 2.75) is 38.7 Å². The van der Waals surface area contributed by atoms with Gasteiger partial charge in [-0.1, -0.05) is 0 Å². The Bertz CT molecular complexity index is 501. The molecule has 0 radical (unpaired) electrons. The number of rotatable bonds is 6. The predicted molar refractivity (Wildman–Crippen MR) is 75.5 cm³/mol. The first-order valence-corrected chi connectivity index (χ1v) is 6.93. The van der Waals surface area contributed by atoms with Crippen LogP contribution < -0.4 is 15.2 Å². The van der Waals surface area contributed by atoms with E-state index in [1.165, 1.54) is 0 Å². The van der Waals surface area contributed by atoms with Gasteiger partial charge in [-0.05, 0) is 32.5 Å². The summed E-state index contributed by atoms with van der Waals surface area (Å²) in [6.45, 7) is 4.72. The fraction of sp³-hybridized carbons (Fsp3) is 0.533. The maximum atomic E-state index is 11.0. The molecule has 0 fully saturated rings. The van der Waals surface area contributed by atoms with Crippen molar-refractivity contribution < 1.29 is 19.4 Å². The van der Waals surface area contributed by atoms with Crippen LogP contribution in [0.15, 0.2) is 12.1 Å². The van der Waals surface area contributed by atoms with Crippen LogP contribution in [0.1, 0.15) is 37.3 Å². The highest BCUT2D eigenvalue weighted by molar-refractivity contribution is 5.68. The molecule has 110 valence electrons. The topological polar surface area (TPSA) is 81.8 Å². The van der Waals surface area contributed by atoms with Crippen molar-refractivity contribution in [3.05, 3.63) is 23.3 Å². The lowest BCUT2D eigenvalue weighted by atomic mass is 9.93. The molecule has 0 amide bonds. The zero-order valence-electron chi connectivity index (χ0n) is 11.9. The van der Waals surface area contributed by atoms with Crippen molar-refractivity contribution in [3.63, 3.8) is 0 Å². The Labute approximate surface area is 118 Å². The Morgan fingerprint density at radius 3 is 2.95 bits per heavy atom. The summed E-state index contributed by atoms with van der Waals surface area (Å²) in [5.74, 6) is 0.414. The smallest absolute Gasteiger partial charge is 0.304 e. The molecule has 0 spiro atoms. The molecule has 0 saturated heterocycles. The van der Waals surface area contributed by atoms with Gasteiger partial charge >= 0.3 is 5.97 Å². The fourth-order valence-electron chi connectivity index (χ4n) is 2.59. The van der Waals surface area contributed by atoms with Gasteiger partial charge in [-0.15, -0.1) is 0 Å². The summed E-state index contributed by atoms with van der Waals surface area (Å²) in [4.78, 5) is 11.0. The molecule has 1 heterocycles. The first-order valence-electron chi connectivity index (χ1n) is 6.93. The second-order valence-corrected chi connectivity index (χ2v) is 5.09. The van der Waals surface area contributed by atoms with Crippen LogP contribution in [0.4, 0.5) is 0 Å². The van der Waals surface area contributed by atoms with Gasteiger partial charge in [-0.2, -0.15) is 0 Å². The number of carboxylic acid groups (broad SMARTS) is 1. The molecule has 0 saturated carbocycles. The summed E-state index contributed by atoms with van der Waals surface area (Å²) < 4.78 is 11.4. The number of carbonyl (C=O) groups is 1. The van der Waals surface area contributed by atoms with E-state index in [2.05, 4.69) is 0 Å². The Hall–Kier alpha value is -1.75. The molecule has 5 nitrogen and oxygen atoms in total. The van der Waals surface area contributed by atoms with Gasteiger partial charge in [0.25, 0.3) is 0 Å². The van der Waals surface area contributed by atoms with Crippen LogP contribution in [0.3, 0.4) is 0 Å². The molecule has 2 unspecified atom stereocenters. The third kappa shape index (κ3) is 3.04. The third-order valence-electron chi connectivity index (χ3n) is 3.47. The van der Waals surface area contributed by atoms with Gasteiger partial charge in [-0.25, -0.2) is 0 Å². The van der Waals surface area contributed by atoms with Gasteiger partial charge in [0.1, 0.15) is 17.6 Å². The molecule has 3 N–H and O–H groups in total. The van der Waals surface area contributed by atoms with Gasteiger partial charge in [0.2, 0.25) is 0 Å². The maximum absolute atomic E-state index is 11.0. The van der Waals surface area contributed by atoms with E-state index in [1.807, 2.05) is 26.0 Å². The molecule has 1 aromatic rings. The van der Waals surface area contributed by atoms with E-state index in [-0.39, 0.29) is 25.0 Å². The molecule has 5 heteroatoms. The Kier molecular flexibility index (Phi) is 4.49. The summed E-state index contributed by atoms with van der Waals surface area (Å²) in [6, 6.07) is 3.85. The normalized spacial score (nSPS) is 18.2. The van der Waals surface area contributed by atoms with E-state index in [4.69, 9.17) is 20.3 Å². The first-order chi connectivity index (χ1) is 9.55. The van der Waals surface area contributed by atoms with Crippen molar-refractivity contribution in [1.82, 2.24) is 0 Å². The summed E-state index contributed by atoms with van der Waals surface area (Å²) in [5, 5.41) is 9.00. The Morgan fingerprint density at radius 1 is 1.60 bits per heavy atom. The van der Waals surface area contributed by atoms with Gasteiger partial charge in [0.15, 0.2) is 0 Å². The van der Waals surface area contributed by atoms with Crippen LogP contribution in [-0.2, 0) is 11.2 Å². The molecule has 20 heavy (non-hydrogen) atoms. The largest absolute Gasteiger partial charge is 0.494 e. The number of aliphatic carboxylic acids is 1. The van der Waals surface area contributed by atoms with Crippen LogP contribution in [-0.4, -0.2) is 30.3 Å². The van der Waals surface area contributed by atoms with E-state index in [9.17, 15) is 4.79 Å². The lowest BCUT2D eigenvalue weighted by molar-refractivity contribution is -0.137. The maximum Gasteiger partial charge on any atom is 0.304 e. The van der Waals surface area contributed by atoms with E-state index >= 15 is 0 Å². The van der Waals surface area contributed by atoms with Crippen LogP contribution >= 0.6 is 0 Å². The van der Waals surface area contributed by atoms with Gasteiger partial charge in [-0.3, -0.25) is 4.79 Å². The van der Waals surface area contributed by atoms with Gasteiger partial charge in [0.05, 0.1) is 13.0 Å². The van der Waals surface area contributed by atoms with Crippen LogP contribution in [0.5, 0.6) is 11.5 Å². The highest BCUT2D eigenvalue weighted by Gasteiger charge is 2.25. The monoisotopic (exact) mass is 279 g/mol. The molecule has 2 atom stereocenters. The van der Waals surface area contributed by atoms with E-state index in [1.54, 1.807) is 0 Å². The molecule has 0 aliphatic carbocycles. The Morgan fingerprint density at radius 2 is 2.35 bits per heavy atom. The number of hydrogen-bond acceptors (Lipinski definition) is 4. The average molecular weight is 279 g/mol. The highest BCUT2D eigenvalue weighted by atomic mass is 16.5. The van der Waals surface area contributed by atoms with Gasteiger partial charge in [0, 0.05) is 23.5 Å². The predicted octanol–water partition coefficient (Wildman–Crippen LogP) is 1.93. The summed E-state index contributed by atoms with van der Waals surface area (Å²) in [7, 11) is 0. The second kappa shape index (κ2) is 6.13. The fourth-order valence-corrected chi connectivity index (χ4v) is 2.59. The van der Waals surface area contributed by atoms with Crippen LogP contribution in [0.2, 0.25) is 0 Å². The average Bonchev–Trinajstić information content (AvgIpc) is 2.74.